The molecule has 0 aliphatic carbocycles. The second-order valence-corrected chi connectivity index (χ2v) is 7.96. The summed E-state index contributed by atoms with van der Waals surface area (Å²) in [6.07, 6.45) is 0.174. The monoisotopic (exact) mass is 399 g/mol. The molecular formula is C18H26NO7P. The number of carbonyl (C=O) groups is 3. The smallest absolute Gasteiger partial charge is 0.335 e. The zero-order valence-electron chi connectivity index (χ0n) is 15.8. The first-order chi connectivity index (χ1) is 12.7. The summed E-state index contributed by atoms with van der Waals surface area (Å²) >= 11 is 0. The van der Waals surface area contributed by atoms with Crippen molar-refractivity contribution in [2.24, 2.45) is 0 Å². The Kier molecular flexibility index (Phi) is 9.35. The summed E-state index contributed by atoms with van der Waals surface area (Å²) in [6.45, 7) is 5.33. The molecule has 0 fully saturated rings. The highest BCUT2D eigenvalue weighted by Crippen LogP contribution is 2.51. The Morgan fingerprint density at radius 2 is 1.67 bits per heavy atom. The minimum atomic E-state index is -3.24. The van der Waals surface area contributed by atoms with E-state index in [2.05, 4.69) is 5.32 Å². The highest BCUT2D eigenvalue weighted by molar-refractivity contribution is 7.53. The molecule has 0 aliphatic rings. The van der Waals surface area contributed by atoms with Crippen LogP contribution in [-0.2, 0) is 29.4 Å². The number of benzene rings is 1. The van der Waals surface area contributed by atoms with Crippen LogP contribution in [0, 0.1) is 0 Å². The van der Waals surface area contributed by atoms with E-state index < -0.39 is 25.5 Å². The maximum absolute atomic E-state index is 12.5. The Morgan fingerprint density at radius 3 is 2.11 bits per heavy atom. The highest BCUT2D eigenvalue weighted by Gasteiger charge is 2.24. The van der Waals surface area contributed by atoms with Crippen molar-refractivity contribution in [3.8, 4) is 0 Å². The van der Waals surface area contributed by atoms with E-state index in [-0.39, 0.29) is 43.6 Å². The number of amides is 1. The van der Waals surface area contributed by atoms with Crippen LogP contribution in [0.3, 0.4) is 0 Å². The van der Waals surface area contributed by atoms with E-state index in [4.69, 9.17) is 14.2 Å². The SMILES string of the molecule is CCOP(=O)(Cc1ccc(C(=O)N[C@H](CCC(C)=O)C(=O)O)cc1)OCC. The van der Waals surface area contributed by atoms with Crippen molar-refractivity contribution in [1.82, 2.24) is 5.32 Å². The van der Waals surface area contributed by atoms with E-state index in [1.807, 2.05) is 0 Å². The summed E-state index contributed by atoms with van der Waals surface area (Å²) in [6, 6.07) is 5.11. The number of hydrogen-bond acceptors (Lipinski definition) is 6. The first-order valence-electron chi connectivity index (χ1n) is 8.71. The van der Waals surface area contributed by atoms with Gasteiger partial charge in [-0.25, -0.2) is 4.79 Å². The fourth-order valence-electron chi connectivity index (χ4n) is 2.35. The Balaban J connectivity index is 2.79. The van der Waals surface area contributed by atoms with Gasteiger partial charge in [0.05, 0.1) is 19.4 Å². The lowest BCUT2D eigenvalue weighted by atomic mass is 10.1. The van der Waals surface area contributed by atoms with Gasteiger partial charge in [-0.1, -0.05) is 12.1 Å². The Morgan fingerprint density at radius 1 is 1.11 bits per heavy atom. The molecule has 1 rings (SSSR count). The molecule has 0 unspecified atom stereocenters. The second-order valence-electron chi connectivity index (χ2n) is 5.91. The van der Waals surface area contributed by atoms with Crippen LogP contribution in [-0.4, -0.2) is 42.0 Å². The molecule has 9 heteroatoms. The van der Waals surface area contributed by atoms with Gasteiger partial charge in [0.15, 0.2) is 0 Å². The third kappa shape index (κ3) is 8.03. The molecule has 1 aromatic carbocycles. The van der Waals surface area contributed by atoms with E-state index >= 15 is 0 Å². The average Bonchev–Trinajstić information content (AvgIpc) is 2.58. The second kappa shape index (κ2) is 11.0. The lowest BCUT2D eigenvalue weighted by Gasteiger charge is -2.17. The van der Waals surface area contributed by atoms with Crippen molar-refractivity contribution >= 4 is 25.3 Å². The molecular weight excluding hydrogens is 373 g/mol. The molecule has 150 valence electrons. The lowest BCUT2D eigenvalue weighted by Crippen LogP contribution is -2.41. The molecule has 0 bridgehead atoms. The van der Waals surface area contributed by atoms with Gasteiger partial charge in [0.25, 0.3) is 5.91 Å². The number of Topliss-reactive ketones (excluding diaryl/α,β-unsaturated/α-hetero) is 1. The summed E-state index contributed by atoms with van der Waals surface area (Å²) in [4.78, 5) is 34.5. The molecule has 0 aliphatic heterocycles. The topological polar surface area (TPSA) is 119 Å². The Labute approximate surface area is 158 Å². The largest absolute Gasteiger partial charge is 0.480 e. The van der Waals surface area contributed by atoms with Gasteiger partial charge < -0.3 is 24.3 Å². The summed E-state index contributed by atoms with van der Waals surface area (Å²) in [5, 5.41) is 11.6. The standard InChI is InChI=1S/C18H26NO7P/c1-4-25-27(24,26-5-2)12-14-7-9-15(10-8-14)17(21)19-16(18(22)23)11-6-13(3)20/h7-10,16H,4-6,11-12H2,1-3H3,(H,19,21)(H,22,23)/t16-/m1/s1. The van der Waals surface area contributed by atoms with Crippen molar-refractivity contribution in [2.75, 3.05) is 13.2 Å². The predicted molar refractivity (Wildman–Crippen MR) is 99.8 cm³/mol. The van der Waals surface area contributed by atoms with Crippen molar-refractivity contribution in [1.29, 1.82) is 0 Å². The Bertz CT molecular complexity index is 692. The molecule has 8 nitrogen and oxygen atoms in total. The molecule has 1 aromatic rings. The van der Waals surface area contributed by atoms with E-state index in [9.17, 15) is 18.9 Å². The number of carbonyl (C=O) groups excluding carboxylic acids is 2. The Hall–Kier alpha value is -2.02. The van der Waals surface area contributed by atoms with Gasteiger partial charge in [-0.3, -0.25) is 9.36 Å². The predicted octanol–water partition coefficient (Wildman–Crippen LogP) is 3.00. The van der Waals surface area contributed by atoms with Crippen LogP contribution < -0.4 is 5.32 Å². The molecule has 0 saturated carbocycles. The van der Waals surface area contributed by atoms with Crippen molar-refractivity contribution in [3.63, 3.8) is 0 Å². The first-order valence-corrected chi connectivity index (χ1v) is 10.4. The normalized spacial score (nSPS) is 12.4. The maximum atomic E-state index is 12.5. The van der Waals surface area contributed by atoms with Gasteiger partial charge in [0.2, 0.25) is 0 Å². The molecule has 2 N–H and O–H groups in total. The number of hydrogen-bond donors (Lipinski definition) is 2. The average molecular weight is 399 g/mol. The van der Waals surface area contributed by atoms with Crippen LogP contribution in [0.5, 0.6) is 0 Å². The van der Waals surface area contributed by atoms with Crippen molar-refractivity contribution in [2.45, 2.75) is 45.8 Å². The summed E-state index contributed by atoms with van der Waals surface area (Å²) < 4.78 is 23.0. The molecule has 0 aromatic heterocycles. The maximum Gasteiger partial charge on any atom is 0.335 e. The lowest BCUT2D eigenvalue weighted by molar-refractivity contribution is -0.139. The van der Waals surface area contributed by atoms with Gasteiger partial charge in [0, 0.05) is 12.0 Å². The van der Waals surface area contributed by atoms with Crippen LogP contribution in [0.1, 0.15) is 49.5 Å². The first kappa shape index (κ1) is 23.0. The summed E-state index contributed by atoms with van der Waals surface area (Å²) in [7, 11) is -3.24. The molecule has 0 radical (unpaired) electrons. The van der Waals surface area contributed by atoms with E-state index in [0.717, 1.165) is 0 Å². The summed E-state index contributed by atoms with van der Waals surface area (Å²) in [5.74, 6) is -1.90. The number of nitrogens with one attached hydrogen (secondary N) is 1. The number of ketones is 1. The van der Waals surface area contributed by atoms with Gasteiger partial charge in [0.1, 0.15) is 11.8 Å². The van der Waals surface area contributed by atoms with Gasteiger partial charge >= 0.3 is 13.6 Å². The third-order valence-electron chi connectivity index (χ3n) is 3.63. The zero-order valence-corrected chi connectivity index (χ0v) is 16.7. The van der Waals surface area contributed by atoms with Gasteiger partial charge in [-0.2, -0.15) is 0 Å². The van der Waals surface area contributed by atoms with E-state index in [0.29, 0.717) is 5.56 Å². The van der Waals surface area contributed by atoms with Crippen LogP contribution in [0.25, 0.3) is 0 Å². The minimum absolute atomic E-state index is 0.0282. The van der Waals surface area contributed by atoms with Gasteiger partial charge in [-0.15, -0.1) is 0 Å². The van der Waals surface area contributed by atoms with Crippen LogP contribution >= 0.6 is 7.60 Å². The molecule has 1 amide bonds. The van der Waals surface area contributed by atoms with Crippen molar-refractivity contribution in [3.05, 3.63) is 35.4 Å². The molecule has 0 spiro atoms. The van der Waals surface area contributed by atoms with Crippen molar-refractivity contribution < 1.29 is 33.1 Å². The highest BCUT2D eigenvalue weighted by atomic mass is 31.2. The molecule has 0 saturated heterocycles. The third-order valence-corrected chi connectivity index (χ3v) is 5.69. The number of aliphatic carboxylic acids is 1. The molecule has 1 atom stereocenters. The molecule has 0 heterocycles. The zero-order chi connectivity index (χ0) is 20.4. The van der Waals surface area contributed by atoms with Gasteiger partial charge in [-0.05, 0) is 44.9 Å². The fourth-order valence-corrected chi connectivity index (χ4v) is 4.06. The quantitative estimate of drug-likeness (QED) is 0.519. The minimum Gasteiger partial charge on any atom is -0.480 e. The number of carboxylic acids is 1. The van der Waals surface area contributed by atoms with E-state index in [1.54, 1.807) is 26.0 Å². The van der Waals surface area contributed by atoms with E-state index in [1.165, 1.54) is 19.1 Å². The fraction of sp³-hybridized carbons (Fsp3) is 0.500. The summed E-state index contributed by atoms with van der Waals surface area (Å²) in [5.41, 5.74) is 0.929. The van der Waals surface area contributed by atoms with Crippen LogP contribution in [0.2, 0.25) is 0 Å². The number of carboxylic acid groups (broad SMARTS) is 1. The molecule has 27 heavy (non-hydrogen) atoms. The van der Waals surface area contributed by atoms with Crippen LogP contribution in [0.15, 0.2) is 24.3 Å². The van der Waals surface area contributed by atoms with Crippen LogP contribution in [0.4, 0.5) is 0 Å². The number of rotatable bonds is 12.